The molecule has 5 heteroatoms. The van der Waals surface area contributed by atoms with Crippen LogP contribution >= 0.6 is 12.4 Å². The van der Waals surface area contributed by atoms with E-state index in [1.165, 1.54) is 51.4 Å². The zero-order valence-corrected chi connectivity index (χ0v) is 14.2. The first-order valence-corrected chi connectivity index (χ1v) is 8.46. The van der Waals surface area contributed by atoms with E-state index < -0.39 is 0 Å². The SMILES string of the molecule is CN(CC(=O)NC1CCCCCC1)C1CCCNCC1.Cl. The minimum atomic E-state index is 0. The number of amides is 1. The average Bonchev–Trinajstić information content (AvgIpc) is 2.82. The molecule has 2 rings (SSSR count). The van der Waals surface area contributed by atoms with Gasteiger partial charge in [0, 0.05) is 12.1 Å². The van der Waals surface area contributed by atoms with Crippen molar-refractivity contribution in [3.8, 4) is 0 Å². The van der Waals surface area contributed by atoms with Crippen molar-refractivity contribution >= 4 is 18.3 Å². The van der Waals surface area contributed by atoms with Crippen LogP contribution in [0.25, 0.3) is 0 Å². The van der Waals surface area contributed by atoms with Gasteiger partial charge >= 0.3 is 0 Å². The Morgan fingerprint density at radius 1 is 1.05 bits per heavy atom. The molecule has 0 spiro atoms. The van der Waals surface area contributed by atoms with Crippen molar-refractivity contribution in [3.05, 3.63) is 0 Å². The molecule has 2 fully saturated rings. The van der Waals surface area contributed by atoms with Crippen molar-refractivity contribution in [2.45, 2.75) is 69.9 Å². The van der Waals surface area contributed by atoms with Gasteiger partial charge in [-0.1, -0.05) is 25.7 Å². The highest BCUT2D eigenvalue weighted by molar-refractivity contribution is 5.85. The number of carbonyl (C=O) groups is 1. The average molecular weight is 318 g/mol. The van der Waals surface area contributed by atoms with E-state index >= 15 is 0 Å². The molecule has 0 radical (unpaired) electrons. The standard InChI is InChI=1S/C16H31N3O.ClH/c1-19(15-9-6-11-17-12-10-15)13-16(20)18-14-7-4-2-3-5-8-14;/h14-15,17H,2-13H2,1H3,(H,18,20);1H. The number of halogens is 1. The Morgan fingerprint density at radius 2 is 1.76 bits per heavy atom. The number of hydrogen-bond acceptors (Lipinski definition) is 3. The molecule has 1 atom stereocenters. The molecule has 2 N–H and O–H groups in total. The molecule has 4 nitrogen and oxygen atoms in total. The summed E-state index contributed by atoms with van der Waals surface area (Å²) < 4.78 is 0. The van der Waals surface area contributed by atoms with Crippen LogP contribution < -0.4 is 10.6 Å². The lowest BCUT2D eigenvalue weighted by molar-refractivity contribution is -0.123. The summed E-state index contributed by atoms with van der Waals surface area (Å²) in [5.41, 5.74) is 0. The molecule has 1 unspecified atom stereocenters. The van der Waals surface area contributed by atoms with Crippen molar-refractivity contribution in [2.24, 2.45) is 0 Å². The van der Waals surface area contributed by atoms with Crippen LogP contribution in [0, 0.1) is 0 Å². The summed E-state index contributed by atoms with van der Waals surface area (Å²) in [6.07, 6.45) is 11.1. The Labute approximate surface area is 135 Å². The Hall–Kier alpha value is -0.320. The first-order valence-electron chi connectivity index (χ1n) is 8.46. The highest BCUT2D eigenvalue weighted by atomic mass is 35.5. The summed E-state index contributed by atoms with van der Waals surface area (Å²) in [4.78, 5) is 14.4. The fraction of sp³-hybridized carbons (Fsp3) is 0.938. The van der Waals surface area contributed by atoms with Gasteiger partial charge in [-0.05, 0) is 52.2 Å². The third-order valence-corrected chi connectivity index (χ3v) is 4.78. The predicted molar refractivity (Wildman–Crippen MR) is 90.0 cm³/mol. The van der Waals surface area contributed by atoms with E-state index in [0.717, 1.165) is 19.5 Å². The van der Waals surface area contributed by atoms with Crippen LogP contribution in [0.15, 0.2) is 0 Å². The van der Waals surface area contributed by atoms with Gasteiger partial charge in [-0.15, -0.1) is 12.4 Å². The molecular formula is C16H32ClN3O. The maximum Gasteiger partial charge on any atom is 0.234 e. The number of nitrogens with zero attached hydrogens (tertiary/aromatic N) is 1. The lowest BCUT2D eigenvalue weighted by Crippen LogP contribution is -2.44. The maximum absolute atomic E-state index is 12.2. The van der Waals surface area contributed by atoms with Gasteiger partial charge in [0.15, 0.2) is 0 Å². The van der Waals surface area contributed by atoms with Crippen LogP contribution in [0.2, 0.25) is 0 Å². The lowest BCUT2D eigenvalue weighted by atomic mass is 10.1. The third kappa shape index (κ3) is 6.98. The van der Waals surface area contributed by atoms with E-state index in [1.54, 1.807) is 0 Å². The molecule has 1 saturated carbocycles. The van der Waals surface area contributed by atoms with Gasteiger partial charge in [0.05, 0.1) is 6.54 Å². The van der Waals surface area contributed by atoms with Crippen molar-refractivity contribution in [1.82, 2.24) is 15.5 Å². The Bertz CT molecular complexity index is 285. The number of rotatable bonds is 4. The third-order valence-electron chi connectivity index (χ3n) is 4.78. The zero-order chi connectivity index (χ0) is 14.2. The summed E-state index contributed by atoms with van der Waals surface area (Å²) in [6, 6.07) is 0.985. The summed E-state index contributed by atoms with van der Waals surface area (Å²) in [5, 5.41) is 6.68. The minimum absolute atomic E-state index is 0. The molecule has 1 aliphatic carbocycles. The van der Waals surface area contributed by atoms with Crippen LogP contribution in [0.1, 0.15) is 57.8 Å². The fourth-order valence-corrected chi connectivity index (χ4v) is 3.49. The summed E-state index contributed by atoms with van der Waals surface area (Å²) >= 11 is 0. The molecule has 21 heavy (non-hydrogen) atoms. The zero-order valence-electron chi connectivity index (χ0n) is 13.4. The van der Waals surface area contributed by atoms with Gasteiger partial charge in [-0.2, -0.15) is 0 Å². The normalized spacial score (nSPS) is 24.8. The molecule has 0 aromatic heterocycles. The molecule has 0 aromatic rings. The maximum atomic E-state index is 12.2. The summed E-state index contributed by atoms with van der Waals surface area (Å²) in [6.45, 7) is 2.76. The minimum Gasteiger partial charge on any atom is -0.352 e. The molecular weight excluding hydrogens is 286 g/mol. The first kappa shape index (κ1) is 18.7. The topological polar surface area (TPSA) is 44.4 Å². The number of nitrogens with one attached hydrogen (secondary N) is 2. The Balaban J connectivity index is 0.00000220. The molecule has 2 aliphatic rings. The Kier molecular flexibility index (Phi) is 9.29. The molecule has 1 saturated heterocycles. The highest BCUT2D eigenvalue weighted by Crippen LogP contribution is 2.17. The second-order valence-corrected chi connectivity index (χ2v) is 6.51. The van der Waals surface area contributed by atoms with Crippen LogP contribution in [-0.2, 0) is 4.79 Å². The van der Waals surface area contributed by atoms with Gasteiger partial charge in [0.25, 0.3) is 0 Å². The molecule has 1 heterocycles. The van der Waals surface area contributed by atoms with E-state index in [9.17, 15) is 4.79 Å². The smallest absolute Gasteiger partial charge is 0.234 e. The van der Waals surface area contributed by atoms with E-state index in [1.807, 2.05) is 0 Å². The van der Waals surface area contributed by atoms with Gasteiger partial charge in [0.2, 0.25) is 5.91 Å². The van der Waals surface area contributed by atoms with E-state index in [0.29, 0.717) is 18.6 Å². The largest absolute Gasteiger partial charge is 0.352 e. The molecule has 0 bridgehead atoms. The van der Waals surface area contributed by atoms with Crippen molar-refractivity contribution in [2.75, 3.05) is 26.7 Å². The van der Waals surface area contributed by atoms with Gasteiger partial charge in [-0.25, -0.2) is 0 Å². The Morgan fingerprint density at radius 3 is 2.48 bits per heavy atom. The summed E-state index contributed by atoms with van der Waals surface area (Å²) in [5.74, 6) is 0.219. The number of carbonyl (C=O) groups excluding carboxylic acids is 1. The highest BCUT2D eigenvalue weighted by Gasteiger charge is 2.20. The van der Waals surface area contributed by atoms with Crippen molar-refractivity contribution < 1.29 is 4.79 Å². The fourth-order valence-electron chi connectivity index (χ4n) is 3.49. The van der Waals surface area contributed by atoms with Crippen LogP contribution in [0.4, 0.5) is 0 Å². The molecule has 124 valence electrons. The number of hydrogen-bond donors (Lipinski definition) is 2. The molecule has 1 aliphatic heterocycles. The lowest BCUT2D eigenvalue weighted by Gasteiger charge is -2.27. The van der Waals surface area contributed by atoms with Crippen LogP contribution in [-0.4, -0.2) is 49.6 Å². The second kappa shape index (κ2) is 10.4. The van der Waals surface area contributed by atoms with Gasteiger partial charge in [-0.3, -0.25) is 9.69 Å². The monoisotopic (exact) mass is 317 g/mol. The van der Waals surface area contributed by atoms with Crippen molar-refractivity contribution in [1.29, 1.82) is 0 Å². The van der Waals surface area contributed by atoms with E-state index in [4.69, 9.17) is 0 Å². The van der Waals surface area contributed by atoms with Crippen molar-refractivity contribution in [3.63, 3.8) is 0 Å². The number of likely N-dealkylation sites (N-methyl/N-ethyl adjacent to an activating group) is 1. The first-order chi connectivity index (χ1) is 9.75. The van der Waals surface area contributed by atoms with Gasteiger partial charge in [0.1, 0.15) is 0 Å². The quantitative estimate of drug-likeness (QED) is 0.782. The summed E-state index contributed by atoms with van der Waals surface area (Å²) in [7, 11) is 2.10. The second-order valence-electron chi connectivity index (χ2n) is 6.51. The molecule has 1 amide bonds. The van der Waals surface area contributed by atoms with E-state index in [-0.39, 0.29) is 18.3 Å². The van der Waals surface area contributed by atoms with Crippen LogP contribution in [0.3, 0.4) is 0 Å². The molecule has 0 aromatic carbocycles. The van der Waals surface area contributed by atoms with E-state index in [2.05, 4.69) is 22.6 Å². The van der Waals surface area contributed by atoms with Gasteiger partial charge < -0.3 is 10.6 Å². The van der Waals surface area contributed by atoms with Crippen LogP contribution in [0.5, 0.6) is 0 Å². The predicted octanol–water partition coefficient (Wildman–Crippen LogP) is 2.32.